The van der Waals surface area contributed by atoms with Crippen LogP contribution < -0.4 is 4.74 Å². The van der Waals surface area contributed by atoms with Gasteiger partial charge in [0.2, 0.25) is 0 Å². The maximum absolute atomic E-state index is 11.5. The lowest BCUT2D eigenvalue weighted by Gasteiger charge is -2.04. The van der Waals surface area contributed by atoms with Gasteiger partial charge in [-0.05, 0) is 43.7 Å². The first-order chi connectivity index (χ1) is 9.88. The smallest absolute Gasteiger partial charge is 0.331 e. The minimum atomic E-state index is -0.535. The lowest BCUT2D eigenvalue weighted by molar-refractivity contribution is -0.136. The zero-order valence-electron chi connectivity index (χ0n) is 12.3. The molecule has 0 aromatic heterocycles. The van der Waals surface area contributed by atoms with Crippen molar-refractivity contribution in [2.75, 3.05) is 6.61 Å². The zero-order chi connectivity index (χ0) is 15.8. The quantitative estimate of drug-likeness (QED) is 0.391. The molecule has 0 saturated carbocycles. The lowest BCUT2D eigenvalue weighted by Crippen LogP contribution is -2.02. The van der Waals surface area contributed by atoms with Crippen molar-refractivity contribution in [1.82, 2.24) is 0 Å². The number of aromatic hydroxyl groups is 1. The summed E-state index contributed by atoms with van der Waals surface area (Å²) >= 11 is 0. The number of hydrogen-bond acceptors (Lipinski definition) is 5. The van der Waals surface area contributed by atoms with Crippen LogP contribution in [0.25, 0.3) is 6.08 Å². The van der Waals surface area contributed by atoms with Crippen molar-refractivity contribution in [3.05, 3.63) is 41.5 Å². The molecule has 0 aliphatic rings. The fourth-order valence-electron chi connectivity index (χ4n) is 1.37. The van der Waals surface area contributed by atoms with Gasteiger partial charge in [0.1, 0.15) is 6.61 Å². The molecular weight excluding hydrogens is 272 g/mol. The molecule has 0 amide bonds. The van der Waals surface area contributed by atoms with Crippen LogP contribution in [0.3, 0.4) is 0 Å². The number of phenols is 1. The molecule has 1 rings (SSSR count). The highest BCUT2D eigenvalue weighted by atomic mass is 16.5. The number of esters is 2. The number of rotatable bonds is 5. The number of phenolic OH excluding ortho intramolecular Hbond substituents is 1. The van der Waals surface area contributed by atoms with Gasteiger partial charge in [-0.25, -0.2) is 4.79 Å². The Balaban J connectivity index is 2.69. The molecule has 5 nitrogen and oxygen atoms in total. The van der Waals surface area contributed by atoms with Gasteiger partial charge in [0.15, 0.2) is 11.5 Å². The summed E-state index contributed by atoms with van der Waals surface area (Å²) in [5.74, 6) is -1.11. The van der Waals surface area contributed by atoms with Crippen molar-refractivity contribution in [3.63, 3.8) is 0 Å². The Kier molecular flexibility index (Phi) is 6.20. The first-order valence-corrected chi connectivity index (χ1v) is 6.38. The third-order valence-electron chi connectivity index (χ3n) is 2.37. The standard InChI is InChI=1S/C16H18O5/c1-11(2)8-9-20-16(19)7-5-13-4-6-14(18)15(10-13)21-12(3)17/h4-8,10,18H,9H2,1-3H3/b7-5+. The average molecular weight is 290 g/mol. The van der Waals surface area contributed by atoms with E-state index in [0.29, 0.717) is 5.56 Å². The van der Waals surface area contributed by atoms with Gasteiger partial charge in [-0.2, -0.15) is 0 Å². The predicted octanol–water partition coefficient (Wildman–Crippen LogP) is 2.84. The highest BCUT2D eigenvalue weighted by Gasteiger charge is 2.05. The summed E-state index contributed by atoms with van der Waals surface area (Å²) in [6.07, 6.45) is 4.57. The third-order valence-corrected chi connectivity index (χ3v) is 2.37. The fraction of sp³-hybridized carbons (Fsp3) is 0.250. The van der Waals surface area contributed by atoms with Crippen LogP contribution >= 0.6 is 0 Å². The maximum atomic E-state index is 11.5. The predicted molar refractivity (Wildman–Crippen MR) is 78.8 cm³/mol. The zero-order valence-corrected chi connectivity index (χ0v) is 12.3. The van der Waals surface area contributed by atoms with Crippen molar-refractivity contribution in [2.45, 2.75) is 20.8 Å². The second-order valence-electron chi connectivity index (χ2n) is 4.57. The molecule has 0 heterocycles. The molecule has 0 aliphatic carbocycles. The normalized spacial score (nSPS) is 10.2. The molecule has 112 valence electrons. The van der Waals surface area contributed by atoms with Crippen molar-refractivity contribution in [1.29, 1.82) is 0 Å². The van der Waals surface area contributed by atoms with Crippen molar-refractivity contribution < 1.29 is 24.2 Å². The minimum absolute atomic E-state index is 0.0440. The molecule has 0 fully saturated rings. The van der Waals surface area contributed by atoms with Gasteiger partial charge in [-0.3, -0.25) is 4.79 Å². The molecule has 21 heavy (non-hydrogen) atoms. The second-order valence-corrected chi connectivity index (χ2v) is 4.57. The molecule has 1 aromatic rings. The Morgan fingerprint density at radius 2 is 1.95 bits per heavy atom. The van der Waals surface area contributed by atoms with E-state index in [-0.39, 0.29) is 18.1 Å². The Hall–Kier alpha value is -2.56. The van der Waals surface area contributed by atoms with Gasteiger partial charge in [-0.15, -0.1) is 0 Å². The summed E-state index contributed by atoms with van der Waals surface area (Å²) < 4.78 is 9.79. The van der Waals surface area contributed by atoms with Gasteiger partial charge in [0.25, 0.3) is 0 Å². The highest BCUT2D eigenvalue weighted by Crippen LogP contribution is 2.27. The van der Waals surface area contributed by atoms with E-state index >= 15 is 0 Å². The van der Waals surface area contributed by atoms with Crippen LogP contribution in [-0.2, 0) is 14.3 Å². The number of allylic oxidation sites excluding steroid dienone is 1. The highest BCUT2D eigenvalue weighted by molar-refractivity contribution is 5.87. The summed E-state index contributed by atoms with van der Waals surface area (Å²) in [5, 5.41) is 9.53. The van der Waals surface area contributed by atoms with Crippen LogP contribution in [0.1, 0.15) is 26.3 Å². The van der Waals surface area contributed by atoms with Gasteiger partial charge >= 0.3 is 11.9 Å². The molecule has 0 spiro atoms. The largest absolute Gasteiger partial charge is 0.504 e. The van der Waals surface area contributed by atoms with Crippen LogP contribution in [0.2, 0.25) is 0 Å². The molecule has 0 atom stereocenters. The van der Waals surface area contributed by atoms with Gasteiger partial charge in [0.05, 0.1) is 0 Å². The fourth-order valence-corrected chi connectivity index (χ4v) is 1.37. The number of ether oxygens (including phenoxy) is 2. The second kappa shape index (κ2) is 7.89. The summed E-state index contributed by atoms with van der Waals surface area (Å²) in [7, 11) is 0. The molecule has 5 heteroatoms. The summed E-state index contributed by atoms with van der Waals surface area (Å²) in [6.45, 7) is 5.29. The topological polar surface area (TPSA) is 72.8 Å². The monoisotopic (exact) mass is 290 g/mol. The summed E-state index contributed by atoms with van der Waals surface area (Å²) in [4.78, 5) is 22.3. The molecule has 0 radical (unpaired) electrons. The first kappa shape index (κ1) is 16.5. The number of hydrogen-bond donors (Lipinski definition) is 1. The molecule has 0 unspecified atom stereocenters. The molecule has 0 saturated heterocycles. The Bertz CT molecular complexity index is 580. The van der Waals surface area contributed by atoms with Crippen LogP contribution in [0.4, 0.5) is 0 Å². The van der Waals surface area contributed by atoms with Crippen molar-refractivity contribution >= 4 is 18.0 Å². The minimum Gasteiger partial charge on any atom is -0.504 e. The summed E-state index contributed by atoms with van der Waals surface area (Å²) in [5.41, 5.74) is 1.67. The van der Waals surface area contributed by atoms with E-state index in [1.807, 2.05) is 13.8 Å². The molecular formula is C16H18O5. The average Bonchev–Trinajstić information content (AvgIpc) is 2.38. The first-order valence-electron chi connectivity index (χ1n) is 6.38. The summed E-state index contributed by atoms with van der Waals surface area (Å²) in [6, 6.07) is 4.42. The number of carbonyl (C=O) groups is 2. The maximum Gasteiger partial charge on any atom is 0.331 e. The van der Waals surface area contributed by atoms with E-state index in [4.69, 9.17) is 9.47 Å². The van der Waals surface area contributed by atoms with Crippen molar-refractivity contribution in [3.8, 4) is 11.5 Å². The SMILES string of the molecule is CC(=O)Oc1cc(/C=C/C(=O)OCC=C(C)C)ccc1O. The molecule has 1 aromatic carbocycles. The van der Waals surface area contributed by atoms with Crippen LogP contribution in [-0.4, -0.2) is 23.7 Å². The number of benzene rings is 1. The van der Waals surface area contributed by atoms with E-state index in [0.717, 1.165) is 5.57 Å². The van der Waals surface area contributed by atoms with E-state index < -0.39 is 11.9 Å². The van der Waals surface area contributed by atoms with Crippen LogP contribution in [0.15, 0.2) is 35.9 Å². The molecule has 0 aliphatic heterocycles. The van der Waals surface area contributed by atoms with Crippen LogP contribution in [0.5, 0.6) is 11.5 Å². The Labute approximate surface area is 123 Å². The van der Waals surface area contributed by atoms with E-state index in [9.17, 15) is 14.7 Å². The van der Waals surface area contributed by atoms with Gasteiger partial charge < -0.3 is 14.6 Å². The van der Waals surface area contributed by atoms with E-state index in [1.165, 1.54) is 31.2 Å². The Morgan fingerprint density at radius 3 is 2.57 bits per heavy atom. The molecule has 1 N–H and O–H groups in total. The Morgan fingerprint density at radius 1 is 1.24 bits per heavy atom. The van der Waals surface area contributed by atoms with Gasteiger partial charge in [-0.1, -0.05) is 11.6 Å². The molecule has 0 bridgehead atoms. The lowest BCUT2D eigenvalue weighted by atomic mass is 10.2. The van der Waals surface area contributed by atoms with Gasteiger partial charge in [0, 0.05) is 13.0 Å². The third kappa shape index (κ3) is 6.42. The van der Waals surface area contributed by atoms with Crippen molar-refractivity contribution in [2.24, 2.45) is 0 Å². The van der Waals surface area contributed by atoms with Crippen LogP contribution in [0, 0.1) is 0 Å². The van der Waals surface area contributed by atoms with E-state index in [2.05, 4.69) is 0 Å². The van der Waals surface area contributed by atoms with E-state index in [1.54, 1.807) is 12.1 Å². The number of carbonyl (C=O) groups excluding carboxylic acids is 2.